The average Bonchev–Trinajstić information content (AvgIpc) is 3.05. The molecule has 164 valence electrons. The molecular weight excluding hydrogens is 563 g/mol. The maximum Gasteiger partial charge on any atom is 0.338 e. The van der Waals surface area contributed by atoms with E-state index in [1.54, 1.807) is 56.3 Å². The summed E-state index contributed by atoms with van der Waals surface area (Å²) in [6.07, 6.45) is 1.75. The number of hydrogen-bond acceptors (Lipinski definition) is 6. The van der Waals surface area contributed by atoms with E-state index in [1.165, 1.54) is 15.9 Å². The molecule has 0 aliphatic carbocycles. The molecule has 0 saturated carbocycles. The number of carbonyl (C=O) groups excluding carboxylic acids is 1. The van der Waals surface area contributed by atoms with Crippen molar-refractivity contribution in [1.82, 2.24) is 4.57 Å². The second-order valence-corrected chi connectivity index (χ2v) is 9.61. The van der Waals surface area contributed by atoms with Gasteiger partial charge in [-0.3, -0.25) is 9.36 Å². The summed E-state index contributed by atoms with van der Waals surface area (Å²) >= 11 is 9.76. The maximum atomic E-state index is 13.5. The largest absolute Gasteiger partial charge is 0.507 e. The van der Waals surface area contributed by atoms with E-state index in [1.807, 2.05) is 28.7 Å². The van der Waals surface area contributed by atoms with Crippen LogP contribution < -0.4 is 14.9 Å². The van der Waals surface area contributed by atoms with Crippen molar-refractivity contribution in [3.63, 3.8) is 0 Å². The first-order chi connectivity index (χ1) is 15.3. The van der Waals surface area contributed by atoms with Gasteiger partial charge >= 0.3 is 5.97 Å². The van der Waals surface area contributed by atoms with Gasteiger partial charge in [0, 0.05) is 5.02 Å². The summed E-state index contributed by atoms with van der Waals surface area (Å²) in [6.45, 7) is 3.66. The van der Waals surface area contributed by atoms with E-state index in [2.05, 4.69) is 4.99 Å². The highest BCUT2D eigenvalue weighted by Crippen LogP contribution is 2.34. The number of benzene rings is 2. The van der Waals surface area contributed by atoms with Gasteiger partial charge in [0.1, 0.15) is 11.8 Å². The zero-order chi connectivity index (χ0) is 23.0. The Hall–Kier alpha value is -2.43. The maximum absolute atomic E-state index is 13.5. The van der Waals surface area contributed by atoms with Crippen LogP contribution in [0.25, 0.3) is 6.08 Å². The van der Waals surface area contributed by atoms with Crippen LogP contribution in [0, 0.1) is 3.57 Å². The van der Waals surface area contributed by atoms with Crippen LogP contribution in [-0.2, 0) is 9.53 Å². The summed E-state index contributed by atoms with van der Waals surface area (Å²) in [5.74, 6) is -0.348. The molecule has 0 bridgehead atoms. The van der Waals surface area contributed by atoms with Gasteiger partial charge in [0.2, 0.25) is 0 Å². The van der Waals surface area contributed by atoms with Gasteiger partial charge in [-0.2, -0.15) is 0 Å². The second kappa shape index (κ2) is 9.21. The van der Waals surface area contributed by atoms with Crippen molar-refractivity contribution >= 4 is 57.6 Å². The van der Waals surface area contributed by atoms with Crippen LogP contribution >= 0.6 is 45.5 Å². The van der Waals surface area contributed by atoms with Crippen molar-refractivity contribution in [2.75, 3.05) is 6.61 Å². The van der Waals surface area contributed by atoms with Crippen molar-refractivity contribution in [1.29, 1.82) is 0 Å². The lowest BCUT2D eigenvalue weighted by atomic mass is 9.96. The summed E-state index contributed by atoms with van der Waals surface area (Å²) in [7, 11) is 0. The number of thiazole rings is 1. The van der Waals surface area contributed by atoms with Crippen molar-refractivity contribution < 1.29 is 14.6 Å². The monoisotopic (exact) mass is 580 g/mol. The van der Waals surface area contributed by atoms with E-state index in [0.717, 1.165) is 5.56 Å². The van der Waals surface area contributed by atoms with E-state index >= 15 is 0 Å². The van der Waals surface area contributed by atoms with Gasteiger partial charge < -0.3 is 9.84 Å². The molecule has 32 heavy (non-hydrogen) atoms. The lowest BCUT2D eigenvalue weighted by Crippen LogP contribution is -2.40. The molecule has 0 saturated heterocycles. The molecule has 1 aliphatic heterocycles. The Morgan fingerprint density at radius 2 is 2.09 bits per heavy atom. The van der Waals surface area contributed by atoms with Gasteiger partial charge in [0.05, 0.1) is 26.0 Å². The van der Waals surface area contributed by atoms with E-state index in [4.69, 9.17) is 16.3 Å². The highest BCUT2D eigenvalue weighted by molar-refractivity contribution is 14.1. The fourth-order valence-electron chi connectivity index (χ4n) is 3.55. The minimum atomic E-state index is -0.749. The van der Waals surface area contributed by atoms with Gasteiger partial charge in [0.25, 0.3) is 5.56 Å². The first-order valence-corrected chi connectivity index (χ1v) is 12.0. The number of rotatable bonds is 4. The molecule has 1 aromatic heterocycles. The molecule has 0 unspecified atom stereocenters. The van der Waals surface area contributed by atoms with Crippen molar-refractivity contribution in [3.8, 4) is 5.75 Å². The van der Waals surface area contributed by atoms with Gasteiger partial charge in [0.15, 0.2) is 4.80 Å². The number of aromatic hydroxyl groups is 1. The second-order valence-electron chi connectivity index (χ2n) is 7.03. The average molecular weight is 581 g/mol. The minimum Gasteiger partial charge on any atom is -0.507 e. The Bertz CT molecular complexity index is 1440. The molecule has 2 heterocycles. The summed E-state index contributed by atoms with van der Waals surface area (Å²) in [6, 6.07) is 11.5. The third kappa shape index (κ3) is 4.14. The number of nitrogens with zero attached hydrogens (tertiary/aromatic N) is 2. The van der Waals surface area contributed by atoms with Gasteiger partial charge in [-0.25, -0.2) is 9.79 Å². The summed E-state index contributed by atoms with van der Waals surface area (Å²) < 4.78 is 7.92. The Morgan fingerprint density at radius 1 is 1.34 bits per heavy atom. The van der Waals surface area contributed by atoms with Crippen LogP contribution in [0.3, 0.4) is 0 Å². The zero-order valence-corrected chi connectivity index (χ0v) is 20.9. The fourth-order valence-corrected chi connectivity index (χ4v) is 5.37. The molecule has 1 aliphatic rings. The Labute approximate surface area is 206 Å². The van der Waals surface area contributed by atoms with Crippen LogP contribution in [0.4, 0.5) is 0 Å². The molecular formula is C23H18ClIN2O4S. The fraction of sp³-hybridized carbons (Fsp3) is 0.174. The SMILES string of the molecule is CCOC(=O)C1=C(C)N=c2s/c(=C/c3ccc(O)c(I)c3)c(=O)n2[C@@H]1c1ccccc1Cl. The van der Waals surface area contributed by atoms with Crippen LogP contribution in [0.2, 0.25) is 5.02 Å². The number of carbonyl (C=O) groups is 1. The molecule has 4 rings (SSSR count). The van der Waals surface area contributed by atoms with Gasteiger partial charge in [-0.15, -0.1) is 0 Å². The van der Waals surface area contributed by atoms with Crippen LogP contribution in [0.1, 0.15) is 31.0 Å². The molecule has 0 spiro atoms. The molecule has 9 heteroatoms. The number of ether oxygens (including phenoxy) is 1. The van der Waals surface area contributed by atoms with E-state index in [9.17, 15) is 14.7 Å². The Morgan fingerprint density at radius 3 is 2.78 bits per heavy atom. The lowest BCUT2D eigenvalue weighted by molar-refractivity contribution is -0.139. The first-order valence-electron chi connectivity index (χ1n) is 9.74. The number of halogens is 2. The normalized spacial score (nSPS) is 16.0. The number of hydrogen-bond donors (Lipinski definition) is 1. The van der Waals surface area contributed by atoms with E-state index in [0.29, 0.717) is 29.2 Å². The summed E-state index contributed by atoms with van der Waals surface area (Å²) in [4.78, 5) is 31.4. The highest BCUT2D eigenvalue weighted by atomic mass is 127. The molecule has 0 amide bonds. The molecule has 0 fully saturated rings. The number of esters is 1. The van der Waals surface area contributed by atoms with Gasteiger partial charge in [-0.1, -0.05) is 47.2 Å². The predicted octanol–water partition coefficient (Wildman–Crippen LogP) is 3.76. The Kier molecular flexibility index (Phi) is 6.55. The standard InChI is InChI=1S/C23H18ClIN2O4S/c1-3-31-22(30)19-12(2)26-23-27(20(19)14-6-4-5-7-15(14)24)21(29)18(32-23)11-13-8-9-17(28)16(25)10-13/h4-11,20,28H,3H2,1-2H3/b18-11+/t20-/m1/s1. The number of aromatic nitrogens is 1. The molecule has 1 N–H and O–H groups in total. The van der Waals surface area contributed by atoms with Crippen LogP contribution in [-0.4, -0.2) is 22.2 Å². The molecule has 6 nitrogen and oxygen atoms in total. The minimum absolute atomic E-state index is 0.178. The molecule has 3 aromatic rings. The Balaban J connectivity index is 1.98. The van der Waals surface area contributed by atoms with E-state index in [-0.39, 0.29) is 23.5 Å². The van der Waals surface area contributed by atoms with Crippen molar-refractivity contribution in [3.05, 3.63) is 93.1 Å². The molecule has 2 aromatic carbocycles. The predicted molar refractivity (Wildman–Crippen MR) is 133 cm³/mol. The summed E-state index contributed by atoms with van der Waals surface area (Å²) in [5.41, 5.74) is 1.89. The number of allylic oxidation sites excluding steroid dienone is 1. The molecule has 0 radical (unpaired) electrons. The van der Waals surface area contributed by atoms with Crippen LogP contribution in [0.5, 0.6) is 5.75 Å². The molecule has 1 atom stereocenters. The van der Waals surface area contributed by atoms with E-state index < -0.39 is 12.0 Å². The number of fused-ring (bicyclic) bond motifs is 1. The quantitative estimate of drug-likeness (QED) is 0.377. The number of phenolic OH excluding ortho intramolecular Hbond substituents is 1. The van der Waals surface area contributed by atoms with Crippen LogP contribution in [0.15, 0.2) is 63.5 Å². The van der Waals surface area contributed by atoms with Crippen molar-refractivity contribution in [2.45, 2.75) is 19.9 Å². The third-order valence-electron chi connectivity index (χ3n) is 4.99. The number of phenols is 1. The van der Waals surface area contributed by atoms with Crippen molar-refractivity contribution in [2.24, 2.45) is 4.99 Å². The topological polar surface area (TPSA) is 80.9 Å². The highest BCUT2D eigenvalue weighted by Gasteiger charge is 2.34. The lowest BCUT2D eigenvalue weighted by Gasteiger charge is -2.25. The van der Waals surface area contributed by atoms with Gasteiger partial charge in [-0.05, 0) is 71.8 Å². The zero-order valence-electron chi connectivity index (χ0n) is 17.1. The summed E-state index contributed by atoms with van der Waals surface area (Å²) in [5, 5.41) is 10.2. The first kappa shape index (κ1) is 22.8. The third-order valence-corrected chi connectivity index (χ3v) is 7.18. The smallest absolute Gasteiger partial charge is 0.338 e.